The number of carbonyl (C=O) groups excluding carboxylic acids is 1. The molecule has 0 aromatic carbocycles. The summed E-state index contributed by atoms with van der Waals surface area (Å²) in [5.74, 6) is -2.01. The second-order valence-corrected chi connectivity index (χ2v) is 7.47. The van der Waals surface area contributed by atoms with Crippen molar-refractivity contribution in [2.24, 2.45) is 17.3 Å². The molecular weight excluding hydrogens is 284 g/mol. The lowest BCUT2D eigenvalue weighted by Crippen LogP contribution is -2.25. The average molecular weight is 308 g/mol. The second-order valence-electron chi connectivity index (χ2n) is 5.96. The summed E-state index contributed by atoms with van der Waals surface area (Å²) in [7, 11) is -4.56. The number of carbonyl (C=O) groups is 1. The Morgan fingerprint density at radius 1 is 1.30 bits per heavy atom. The minimum Gasteiger partial charge on any atom is -0.465 e. The van der Waals surface area contributed by atoms with E-state index in [0.29, 0.717) is 6.61 Å². The molecule has 7 heteroatoms. The molecule has 3 atom stereocenters. The molecule has 6 nitrogen and oxygen atoms in total. The van der Waals surface area contributed by atoms with Crippen molar-refractivity contribution in [1.82, 2.24) is 0 Å². The van der Waals surface area contributed by atoms with E-state index in [1.807, 2.05) is 0 Å². The van der Waals surface area contributed by atoms with Crippen LogP contribution in [0, 0.1) is 17.3 Å². The van der Waals surface area contributed by atoms with Gasteiger partial charge in [-0.3, -0.25) is 9.35 Å². The van der Waals surface area contributed by atoms with Crippen LogP contribution < -0.4 is 0 Å². The predicted octanol–water partition coefficient (Wildman–Crippen LogP) is 1.59. The molecule has 118 valence electrons. The highest BCUT2D eigenvalue weighted by molar-refractivity contribution is 7.86. The highest BCUT2D eigenvalue weighted by atomic mass is 32.2. The van der Waals surface area contributed by atoms with Gasteiger partial charge in [-0.05, 0) is 11.8 Å². The van der Waals surface area contributed by atoms with Crippen LogP contribution in [0.25, 0.3) is 0 Å². The largest absolute Gasteiger partial charge is 0.465 e. The number of aliphatic hydroxyl groups excluding tert-OH is 1. The Bertz CT molecular complexity index is 442. The fourth-order valence-corrected chi connectivity index (χ4v) is 3.52. The number of ether oxygens (including phenoxy) is 1. The van der Waals surface area contributed by atoms with Gasteiger partial charge in [-0.2, -0.15) is 8.42 Å². The minimum atomic E-state index is -4.56. The summed E-state index contributed by atoms with van der Waals surface area (Å²) >= 11 is 0. The molecule has 1 aliphatic rings. The lowest BCUT2D eigenvalue weighted by Gasteiger charge is -2.07. The Kier molecular flexibility index (Phi) is 5.57. The fourth-order valence-electron chi connectivity index (χ4n) is 2.64. The van der Waals surface area contributed by atoms with Crippen LogP contribution in [0.3, 0.4) is 0 Å². The molecule has 0 radical (unpaired) electrons. The van der Waals surface area contributed by atoms with E-state index in [4.69, 9.17) is 9.29 Å². The Balaban J connectivity index is 2.49. The first-order chi connectivity index (χ1) is 9.14. The summed E-state index contributed by atoms with van der Waals surface area (Å²) < 4.78 is 35.9. The molecule has 0 aromatic rings. The van der Waals surface area contributed by atoms with Crippen molar-refractivity contribution in [3.8, 4) is 0 Å². The highest BCUT2D eigenvalue weighted by Gasteiger charge is 2.67. The van der Waals surface area contributed by atoms with Gasteiger partial charge >= 0.3 is 5.97 Å². The maximum absolute atomic E-state index is 11.9. The first-order valence-electron chi connectivity index (χ1n) is 6.95. The van der Waals surface area contributed by atoms with Crippen molar-refractivity contribution in [3.63, 3.8) is 0 Å². The number of esters is 1. The molecular formula is C13H24O6S. The van der Waals surface area contributed by atoms with Crippen LogP contribution in [0.5, 0.6) is 0 Å². The molecule has 1 saturated carbocycles. The molecule has 0 saturated heterocycles. The van der Waals surface area contributed by atoms with Crippen LogP contribution in [0.2, 0.25) is 0 Å². The van der Waals surface area contributed by atoms with Gasteiger partial charge in [-0.25, -0.2) is 0 Å². The van der Waals surface area contributed by atoms with Crippen molar-refractivity contribution in [1.29, 1.82) is 0 Å². The van der Waals surface area contributed by atoms with Crippen molar-refractivity contribution < 1.29 is 27.6 Å². The summed E-state index contributed by atoms with van der Waals surface area (Å²) in [4.78, 5) is 11.9. The third kappa shape index (κ3) is 3.93. The molecule has 2 N–H and O–H groups in total. The maximum atomic E-state index is 11.9. The van der Waals surface area contributed by atoms with E-state index in [2.05, 4.69) is 6.92 Å². The molecule has 1 unspecified atom stereocenters. The Morgan fingerprint density at radius 3 is 2.40 bits per heavy atom. The highest BCUT2D eigenvalue weighted by Crippen LogP contribution is 2.61. The number of hydrogen-bond donors (Lipinski definition) is 2. The van der Waals surface area contributed by atoms with Crippen molar-refractivity contribution in [2.45, 2.75) is 51.9 Å². The summed E-state index contributed by atoms with van der Waals surface area (Å²) in [6.07, 6.45) is 3.93. The van der Waals surface area contributed by atoms with Gasteiger partial charge in [0.25, 0.3) is 10.1 Å². The summed E-state index contributed by atoms with van der Waals surface area (Å²) in [5, 5.41) is 9.58. The van der Waals surface area contributed by atoms with Crippen LogP contribution in [0.1, 0.15) is 46.5 Å². The SMILES string of the molecule is CCCCCCOC(=O)[C@H]1[C@H](C(O)S(=O)(=O)O)C1(C)C. The van der Waals surface area contributed by atoms with Crippen LogP contribution in [-0.4, -0.2) is 36.1 Å². The Morgan fingerprint density at radius 2 is 1.90 bits per heavy atom. The first-order valence-corrected chi connectivity index (χ1v) is 8.45. The van der Waals surface area contributed by atoms with Crippen molar-refractivity contribution in [2.75, 3.05) is 6.61 Å². The van der Waals surface area contributed by atoms with E-state index in [-0.39, 0.29) is 0 Å². The van der Waals surface area contributed by atoms with Gasteiger partial charge in [0, 0.05) is 5.92 Å². The monoisotopic (exact) mass is 308 g/mol. The third-order valence-electron chi connectivity index (χ3n) is 4.02. The van der Waals surface area contributed by atoms with Gasteiger partial charge in [0.2, 0.25) is 0 Å². The molecule has 0 aromatic heterocycles. The van der Waals surface area contributed by atoms with E-state index in [9.17, 15) is 18.3 Å². The predicted molar refractivity (Wildman–Crippen MR) is 73.4 cm³/mol. The summed E-state index contributed by atoms with van der Waals surface area (Å²) in [6, 6.07) is 0. The zero-order valence-corrected chi connectivity index (χ0v) is 13.0. The second kappa shape index (κ2) is 6.41. The lowest BCUT2D eigenvalue weighted by atomic mass is 10.1. The number of hydrogen-bond acceptors (Lipinski definition) is 5. The summed E-state index contributed by atoms with van der Waals surface area (Å²) in [6.45, 7) is 5.74. The summed E-state index contributed by atoms with van der Waals surface area (Å²) in [5.41, 5.74) is -2.62. The fraction of sp³-hybridized carbons (Fsp3) is 0.923. The molecule has 1 fully saturated rings. The molecule has 0 bridgehead atoms. The van der Waals surface area contributed by atoms with Gasteiger partial charge < -0.3 is 9.84 Å². The topological polar surface area (TPSA) is 101 Å². The van der Waals surface area contributed by atoms with Crippen LogP contribution >= 0.6 is 0 Å². The molecule has 0 heterocycles. The lowest BCUT2D eigenvalue weighted by molar-refractivity contribution is -0.146. The van der Waals surface area contributed by atoms with Gasteiger partial charge in [-0.1, -0.05) is 40.0 Å². The molecule has 0 spiro atoms. The Labute approximate surface area is 120 Å². The number of rotatable bonds is 8. The standard InChI is InChI=1S/C13H24O6S/c1-4-5-6-7-8-19-11(14)9-10(13(9,2)3)12(15)20(16,17)18/h9-10,12,15H,4-8H2,1-3H3,(H,16,17,18)/t9-,10-,12?/m1/s1. The molecule has 1 aliphatic carbocycles. The van der Waals surface area contributed by atoms with E-state index in [0.717, 1.165) is 25.7 Å². The van der Waals surface area contributed by atoms with Gasteiger partial charge in [0.1, 0.15) is 0 Å². The van der Waals surface area contributed by atoms with Gasteiger partial charge in [0.05, 0.1) is 12.5 Å². The third-order valence-corrected chi connectivity index (χ3v) is 4.92. The quantitative estimate of drug-likeness (QED) is 0.401. The van der Waals surface area contributed by atoms with Crippen LogP contribution in [-0.2, 0) is 19.6 Å². The van der Waals surface area contributed by atoms with Crippen LogP contribution in [0.15, 0.2) is 0 Å². The average Bonchev–Trinajstić information content (AvgIpc) is 2.89. The number of unbranched alkanes of at least 4 members (excludes halogenated alkanes) is 3. The zero-order valence-electron chi connectivity index (χ0n) is 12.2. The van der Waals surface area contributed by atoms with Crippen molar-refractivity contribution in [3.05, 3.63) is 0 Å². The zero-order chi connectivity index (χ0) is 15.6. The van der Waals surface area contributed by atoms with E-state index < -0.39 is 38.8 Å². The first kappa shape index (κ1) is 17.4. The van der Waals surface area contributed by atoms with E-state index >= 15 is 0 Å². The van der Waals surface area contributed by atoms with Gasteiger partial charge in [0.15, 0.2) is 5.44 Å². The molecule has 0 aliphatic heterocycles. The smallest absolute Gasteiger partial charge is 0.309 e. The Hall–Kier alpha value is -0.660. The van der Waals surface area contributed by atoms with E-state index in [1.54, 1.807) is 13.8 Å². The molecule has 20 heavy (non-hydrogen) atoms. The maximum Gasteiger partial charge on any atom is 0.309 e. The minimum absolute atomic E-state index is 0.306. The number of aliphatic hydroxyl groups is 1. The normalized spacial score (nSPS) is 26.1. The van der Waals surface area contributed by atoms with E-state index in [1.165, 1.54) is 0 Å². The van der Waals surface area contributed by atoms with Gasteiger partial charge in [-0.15, -0.1) is 0 Å². The van der Waals surface area contributed by atoms with Crippen molar-refractivity contribution >= 4 is 16.1 Å². The molecule has 0 amide bonds. The molecule has 1 rings (SSSR count). The van der Waals surface area contributed by atoms with Crippen LogP contribution in [0.4, 0.5) is 0 Å².